The number of benzene rings is 1. The molecule has 8 nitrogen and oxygen atoms in total. The van der Waals surface area contributed by atoms with E-state index in [0.717, 1.165) is 30.5 Å². The van der Waals surface area contributed by atoms with Gasteiger partial charge in [0.25, 0.3) is 11.8 Å². The lowest BCUT2D eigenvalue weighted by Crippen LogP contribution is -2.45. The zero-order valence-electron chi connectivity index (χ0n) is 18.6. The third-order valence-corrected chi connectivity index (χ3v) is 7.31. The second kappa shape index (κ2) is 7.41. The molecule has 1 aliphatic carbocycles. The molecule has 1 N–H and O–H groups in total. The summed E-state index contributed by atoms with van der Waals surface area (Å²) in [5.74, 6) is -0.484. The fraction of sp³-hybridized carbons (Fsp3) is 0.458. The fourth-order valence-corrected chi connectivity index (χ4v) is 5.13. The number of fused-ring (bicyclic) bond motifs is 2. The number of rotatable bonds is 2. The van der Waals surface area contributed by atoms with Gasteiger partial charge in [0.1, 0.15) is 11.5 Å². The molecule has 6 rings (SSSR count). The molecular formula is C24H26FN5O3. The monoisotopic (exact) mass is 451 g/mol. The maximum atomic E-state index is 13.9. The van der Waals surface area contributed by atoms with Crippen molar-refractivity contribution in [3.05, 3.63) is 52.7 Å². The number of carbonyl (C=O) groups is 2. The van der Waals surface area contributed by atoms with Gasteiger partial charge in [0.15, 0.2) is 0 Å². The minimum Gasteiger partial charge on any atom is -0.379 e. The average Bonchev–Trinajstić information content (AvgIpc) is 3.35. The summed E-state index contributed by atoms with van der Waals surface area (Å²) in [5, 5.41) is 5.14. The highest BCUT2D eigenvalue weighted by Crippen LogP contribution is 2.44. The molecule has 0 unspecified atom stereocenters. The maximum absolute atomic E-state index is 13.9. The highest BCUT2D eigenvalue weighted by Gasteiger charge is 2.51. The molecule has 3 aliphatic rings. The van der Waals surface area contributed by atoms with Crippen LogP contribution in [-0.4, -0.2) is 68.2 Å². The molecule has 4 heterocycles. The Hall–Kier alpha value is -3.20. The summed E-state index contributed by atoms with van der Waals surface area (Å²) in [6.07, 6.45) is 4.39. The third kappa shape index (κ3) is 3.25. The van der Waals surface area contributed by atoms with E-state index in [2.05, 4.69) is 10.1 Å². The average molecular weight is 452 g/mol. The summed E-state index contributed by atoms with van der Waals surface area (Å²) >= 11 is 0. The van der Waals surface area contributed by atoms with E-state index in [1.807, 2.05) is 9.58 Å². The Kier molecular flexibility index (Phi) is 4.58. The first-order chi connectivity index (χ1) is 16.0. The first-order valence-corrected chi connectivity index (χ1v) is 11.5. The number of H-pyrrole nitrogens is 1. The number of nitrogens with one attached hydrogen (secondary N) is 1. The molecule has 3 aromatic rings. The molecule has 33 heavy (non-hydrogen) atoms. The molecule has 1 spiro atoms. The van der Waals surface area contributed by atoms with Crippen LogP contribution in [0.3, 0.4) is 0 Å². The van der Waals surface area contributed by atoms with Crippen molar-refractivity contribution in [2.45, 2.75) is 44.8 Å². The summed E-state index contributed by atoms with van der Waals surface area (Å²) in [6.45, 7) is 4.97. The lowest BCUT2D eigenvalue weighted by atomic mass is 10.1. The second-order valence-corrected chi connectivity index (χ2v) is 9.36. The zero-order valence-corrected chi connectivity index (χ0v) is 18.6. The van der Waals surface area contributed by atoms with E-state index in [0.29, 0.717) is 61.6 Å². The molecule has 2 amide bonds. The van der Waals surface area contributed by atoms with Crippen molar-refractivity contribution in [2.75, 3.05) is 26.3 Å². The standard InChI is InChI=1S/C24H26FN5O3/c1-15-16-11-20(27-19(16)4-3-18(15)25)23(32)28-8-9-30-21(13-28)17(12-26-30)22(31)29-7-2-10-33-14-24(29)5-6-24/h3-4,11-12,27H,2,5-10,13-14H2,1H3. The van der Waals surface area contributed by atoms with Crippen molar-refractivity contribution in [1.29, 1.82) is 0 Å². The van der Waals surface area contributed by atoms with Crippen LogP contribution in [0.25, 0.3) is 10.9 Å². The van der Waals surface area contributed by atoms with Crippen molar-refractivity contribution in [1.82, 2.24) is 24.6 Å². The maximum Gasteiger partial charge on any atom is 0.270 e. The Labute approximate surface area is 190 Å². The molecule has 0 radical (unpaired) electrons. The van der Waals surface area contributed by atoms with Gasteiger partial charge in [-0.2, -0.15) is 5.10 Å². The van der Waals surface area contributed by atoms with Gasteiger partial charge in [-0.05, 0) is 49.9 Å². The van der Waals surface area contributed by atoms with Crippen LogP contribution in [0, 0.1) is 12.7 Å². The molecule has 1 saturated heterocycles. The largest absolute Gasteiger partial charge is 0.379 e. The number of ether oxygens (including phenoxy) is 1. The Balaban J connectivity index is 1.27. The van der Waals surface area contributed by atoms with Gasteiger partial charge in [-0.3, -0.25) is 14.3 Å². The normalized spacial score (nSPS) is 19.6. The number of hydrogen-bond acceptors (Lipinski definition) is 4. The summed E-state index contributed by atoms with van der Waals surface area (Å²) in [6, 6.07) is 4.76. The molecule has 0 bridgehead atoms. The first-order valence-electron chi connectivity index (χ1n) is 11.5. The van der Waals surface area contributed by atoms with E-state index in [1.165, 1.54) is 6.07 Å². The number of aryl methyl sites for hydroxylation is 1. The van der Waals surface area contributed by atoms with Crippen LogP contribution in [0.1, 0.15) is 51.4 Å². The molecule has 1 saturated carbocycles. The second-order valence-electron chi connectivity index (χ2n) is 9.36. The van der Waals surface area contributed by atoms with Crippen LogP contribution in [0.4, 0.5) is 4.39 Å². The Morgan fingerprint density at radius 2 is 2.03 bits per heavy atom. The minimum absolute atomic E-state index is 0.0229. The highest BCUT2D eigenvalue weighted by molar-refractivity contribution is 5.99. The fourth-order valence-electron chi connectivity index (χ4n) is 5.13. The first kappa shape index (κ1) is 20.4. The predicted octanol–water partition coefficient (Wildman–Crippen LogP) is 2.86. The number of aromatic nitrogens is 3. The number of amides is 2. The van der Waals surface area contributed by atoms with Crippen molar-refractivity contribution in [3.63, 3.8) is 0 Å². The Morgan fingerprint density at radius 3 is 2.85 bits per heavy atom. The van der Waals surface area contributed by atoms with Crippen molar-refractivity contribution >= 4 is 22.7 Å². The van der Waals surface area contributed by atoms with Gasteiger partial charge in [0, 0.05) is 30.6 Å². The van der Waals surface area contributed by atoms with E-state index in [1.54, 1.807) is 30.2 Å². The minimum atomic E-state index is -0.294. The van der Waals surface area contributed by atoms with E-state index in [4.69, 9.17) is 4.74 Å². The van der Waals surface area contributed by atoms with Crippen LogP contribution in [0.5, 0.6) is 0 Å². The quantitative estimate of drug-likeness (QED) is 0.650. The number of carbonyl (C=O) groups excluding carboxylic acids is 2. The van der Waals surface area contributed by atoms with Crippen LogP contribution >= 0.6 is 0 Å². The van der Waals surface area contributed by atoms with E-state index in [-0.39, 0.29) is 23.2 Å². The van der Waals surface area contributed by atoms with E-state index in [9.17, 15) is 14.0 Å². The molecule has 172 valence electrons. The topological polar surface area (TPSA) is 83.5 Å². The zero-order chi connectivity index (χ0) is 22.7. The van der Waals surface area contributed by atoms with Crippen LogP contribution in [-0.2, 0) is 17.8 Å². The van der Waals surface area contributed by atoms with E-state index >= 15 is 0 Å². The molecule has 9 heteroatoms. The van der Waals surface area contributed by atoms with Crippen molar-refractivity contribution in [3.8, 4) is 0 Å². The highest BCUT2D eigenvalue weighted by atomic mass is 19.1. The molecule has 1 aromatic carbocycles. The molecule has 0 atom stereocenters. The van der Waals surface area contributed by atoms with Gasteiger partial charge in [-0.25, -0.2) is 4.39 Å². The smallest absolute Gasteiger partial charge is 0.270 e. The molecular weight excluding hydrogens is 425 g/mol. The van der Waals surface area contributed by atoms with Crippen molar-refractivity contribution < 1.29 is 18.7 Å². The predicted molar refractivity (Wildman–Crippen MR) is 118 cm³/mol. The Morgan fingerprint density at radius 1 is 1.18 bits per heavy atom. The van der Waals surface area contributed by atoms with Gasteiger partial charge in [-0.15, -0.1) is 0 Å². The summed E-state index contributed by atoms with van der Waals surface area (Å²) in [7, 11) is 0. The number of hydrogen-bond donors (Lipinski definition) is 1. The van der Waals surface area contributed by atoms with Crippen LogP contribution < -0.4 is 0 Å². The van der Waals surface area contributed by atoms with Crippen molar-refractivity contribution in [2.24, 2.45) is 0 Å². The summed E-state index contributed by atoms with van der Waals surface area (Å²) in [4.78, 5) is 33.7. The SMILES string of the molecule is Cc1c(F)ccc2[nH]c(C(=O)N3CCn4ncc(C(=O)N5CCCOCC56CC6)c4C3)cc12. The van der Waals surface area contributed by atoms with E-state index < -0.39 is 0 Å². The molecule has 2 aromatic heterocycles. The van der Waals surface area contributed by atoms with Gasteiger partial charge in [-0.1, -0.05) is 0 Å². The molecule has 2 aliphatic heterocycles. The summed E-state index contributed by atoms with van der Waals surface area (Å²) in [5.41, 5.74) is 2.82. The lowest BCUT2D eigenvalue weighted by Gasteiger charge is -2.31. The number of aromatic amines is 1. The van der Waals surface area contributed by atoms with Gasteiger partial charge in [0.2, 0.25) is 0 Å². The summed E-state index contributed by atoms with van der Waals surface area (Å²) < 4.78 is 21.5. The van der Waals surface area contributed by atoms with Gasteiger partial charge >= 0.3 is 0 Å². The van der Waals surface area contributed by atoms with Gasteiger partial charge in [0.05, 0.1) is 42.7 Å². The molecule has 2 fully saturated rings. The third-order valence-electron chi connectivity index (χ3n) is 7.31. The van der Waals surface area contributed by atoms with Crippen LogP contribution in [0.2, 0.25) is 0 Å². The van der Waals surface area contributed by atoms with Gasteiger partial charge < -0.3 is 19.5 Å². The van der Waals surface area contributed by atoms with Crippen LogP contribution in [0.15, 0.2) is 24.4 Å². The lowest BCUT2D eigenvalue weighted by molar-refractivity contribution is 0.0544. The number of nitrogens with zero attached hydrogens (tertiary/aromatic N) is 4. The number of halogens is 1. The Bertz CT molecular complexity index is 1270.